The van der Waals surface area contributed by atoms with Crippen molar-refractivity contribution in [3.8, 4) is 0 Å². The minimum atomic E-state index is -0.616. The van der Waals surface area contributed by atoms with E-state index >= 15 is 0 Å². The molecule has 1 aliphatic rings. The average molecular weight is 130 g/mol. The first-order valence-electron chi connectivity index (χ1n) is 2.46. The Morgan fingerprint density at radius 3 is 2.67 bits per heavy atom. The molecule has 0 radical (unpaired) electrons. The molecule has 0 saturated carbocycles. The number of nitrogens with zero attached hydrogens (tertiary/aromatic N) is 1. The van der Waals surface area contributed by atoms with Crippen LogP contribution in [0.25, 0.3) is 0 Å². The number of ketones is 1. The number of urea groups is 1. The van der Waals surface area contributed by atoms with Gasteiger partial charge in [0.2, 0.25) is 0 Å². The van der Waals surface area contributed by atoms with Gasteiger partial charge in [0, 0.05) is 0 Å². The van der Waals surface area contributed by atoms with E-state index < -0.39 is 6.03 Å². The van der Waals surface area contributed by atoms with Crippen molar-refractivity contribution in [1.82, 2.24) is 10.4 Å². The van der Waals surface area contributed by atoms with Crippen molar-refractivity contribution in [3.63, 3.8) is 0 Å². The van der Waals surface area contributed by atoms with Crippen LogP contribution in [0.4, 0.5) is 4.79 Å². The summed E-state index contributed by atoms with van der Waals surface area (Å²) in [6, 6.07) is -0.616. The zero-order chi connectivity index (χ0) is 6.85. The van der Waals surface area contributed by atoms with Gasteiger partial charge in [-0.15, -0.1) is 0 Å². The first-order chi connectivity index (χ1) is 4.20. The van der Waals surface area contributed by atoms with Crippen molar-refractivity contribution in [2.75, 3.05) is 13.1 Å². The molecule has 0 atom stereocenters. The number of Topliss-reactive ketones (excluding diaryl/α,β-unsaturated/α-hetero) is 1. The summed E-state index contributed by atoms with van der Waals surface area (Å²) in [7, 11) is 0. The molecule has 0 unspecified atom stereocenters. The molecule has 1 fully saturated rings. The molecule has 50 valence electrons. The minimum absolute atomic E-state index is 0.0237. The van der Waals surface area contributed by atoms with Crippen LogP contribution in [0.15, 0.2) is 0 Å². The van der Waals surface area contributed by atoms with Gasteiger partial charge in [-0.2, -0.15) is 5.06 Å². The highest BCUT2D eigenvalue weighted by Gasteiger charge is 2.20. The Morgan fingerprint density at radius 2 is 2.22 bits per heavy atom. The van der Waals surface area contributed by atoms with E-state index in [1.807, 2.05) is 0 Å². The number of carbonyl (C=O) groups excluding carboxylic acids is 2. The molecule has 5 heteroatoms. The van der Waals surface area contributed by atoms with Crippen LogP contribution in [-0.4, -0.2) is 35.2 Å². The molecule has 1 aliphatic heterocycles. The molecule has 0 aliphatic carbocycles. The topological polar surface area (TPSA) is 69.6 Å². The second kappa shape index (κ2) is 2.02. The predicted molar refractivity (Wildman–Crippen MR) is 26.9 cm³/mol. The Morgan fingerprint density at radius 1 is 1.56 bits per heavy atom. The molecule has 0 aromatic carbocycles. The second-order valence-corrected chi connectivity index (χ2v) is 1.76. The molecule has 0 spiro atoms. The molecule has 2 N–H and O–H groups in total. The SMILES string of the molecule is O=C1CNC(=O)N(O)C1. The van der Waals surface area contributed by atoms with Gasteiger partial charge in [0.25, 0.3) is 0 Å². The minimum Gasteiger partial charge on any atom is -0.329 e. The first-order valence-corrected chi connectivity index (χ1v) is 2.46. The summed E-state index contributed by atoms with van der Waals surface area (Å²) in [5.41, 5.74) is 0. The number of amides is 2. The second-order valence-electron chi connectivity index (χ2n) is 1.76. The highest BCUT2D eigenvalue weighted by Crippen LogP contribution is 1.89. The van der Waals surface area contributed by atoms with E-state index in [2.05, 4.69) is 5.32 Å². The zero-order valence-electron chi connectivity index (χ0n) is 4.63. The van der Waals surface area contributed by atoms with Crippen molar-refractivity contribution in [1.29, 1.82) is 0 Å². The molecule has 0 aromatic rings. The van der Waals surface area contributed by atoms with Gasteiger partial charge in [-0.3, -0.25) is 10.0 Å². The van der Waals surface area contributed by atoms with Gasteiger partial charge < -0.3 is 5.32 Å². The van der Waals surface area contributed by atoms with E-state index in [0.717, 1.165) is 0 Å². The summed E-state index contributed by atoms with van der Waals surface area (Å²) in [6.45, 7) is -0.179. The fourth-order valence-corrected chi connectivity index (χ4v) is 0.560. The van der Waals surface area contributed by atoms with Gasteiger partial charge >= 0.3 is 6.03 Å². The van der Waals surface area contributed by atoms with Gasteiger partial charge in [0.05, 0.1) is 6.54 Å². The Balaban J connectivity index is 2.54. The van der Waals surface area contributed by atoms with Gasteiger partial charge in [-0.05, 0) is 0 Å². The summed E-state index contributed by atoms with van der Waals surface area (Å²) in [5, 5.41) is 11.1. The lowest BCUT2D eigenvalue weighted by atomic mass is 10.3. The third-order valence-electron chi connectivity index (χ3n) is 0.997. The lowest BCUT2D eigenvalue weighted by molar-refractivity contribution is -0.129. The maximum Gasteiger partial charge on any atom is 0.341 e. The zero-order valence-corrected chi connectivity index (χ0v) is 4.63. The van der Waals surface area contributed by atoms with Crippen molar-refractivity contribution in [3.05, 3.63) is 0 Å². The Hall–Kier alpha value is -1.10. The molecule has 5 nitrogen and oxygen atoms in total. The Labute approximate surface area is 51.2 Å². The third-order valence-corrected chi connectivity index (χ3v) is 0.997. The van der Waals surface area contributed by atoms with Crippen molar-refractivity contribution in [2.24, 2.45) is 0 Å². The molecule has 1 saturated heterocycles. The van der Waals surface area contributed by atoms with Crippen LogP contribution in [0.5, 0.6) is 0 Å². The lowest BCUT2D eigenvalue weighted by Gasteiger charge is -2.19. The number of hydroxylamine groups is 2. The average Bonchev–Trinajstić information content (AvgIpc) is 1.80. The quantitative estimate of drug-likeness (QED) is 0.412. The number of hydrogen-bond acceptors (Lipinski definition) is 3. The molecule has 0 bridgehead atoms. The van der Waals surface area contributed by atoms with Gasteiger partial charge in [-0.1, -0.05) is 0 Å². The highest BCUT2D eigenvalue weighted by molar-refractivity contribution is 5.92. The third kappa shape index (κ3) is 1.17. The maximum absolute atomic E-state index is 10.4. The van der Waals surface area contributed by atoms with Crippen LogP contribution in [0, 0.1) is 0 Å². The van der Waals surface area contributed by atoms with Crippen LogP contribution in [-0.2, 0) is 4.79 Å². The summed E-state index contributed by atoms with van der Waals surface area (Å²) >= 11 is 0. The van der Waals surface area contributed by atoms with E-state index in [1.165, 1.54) is 0 Å². The monoisotopic (exact) mass is 130 g/mol. The normalized spacial score (nSPS) is 19.9. The lowest BCUT2D eigenvalue weighted by Crippen LogP contribution is -2.49. The van der Waals surface area contributed by atoms with E-state index in [0.29, 0.717) is 5.06 Å². The van der Waals surface area contributed by atoms with Crippen molar-refractivity contribution in [2.45, 2.75) is 0 Å². The number of nitrogens with one attached hydrogen (secondary N) is 1. The Kier molecular flexibility index (Phi) is 1.35. The summed E-state index contributed by atoms with van der Waals surface area (Å²) in [5.74, 6) is -0.197. The first kappa shape index (κ1) is 6.03. The molecule has 0 aromatic heterocycles. The van der Waals surface area contributed by atoms with E-state index in [9.17, 15) is 9.59 Å². The number of carbonyl (C=O) groups is 2. The predicted octanol–water partition coefficient (Wildman–Crippen LogP) is -1.03. The van der Waals surface area contributed by atoms with Gasteiger partial charge in [0.15, 0.2) is 5.78 Å². The summed E-state index contributed by atoms with van der Waals surface area (Å²) in [6.07, 6.45) is 0. The van der Waals surface area contributed by atoms with Crippen molar-refractivity contribution >= 4 is 11.8 Å². The molecule has 1 rings (SSSR count). The van der Waals surface area contributed by atoms with Crippen LogP contribution < -0.4 is 5.32 Å². The van der Waals surface area contributed by atoms with Crippen LogP contribution in [0.3, 0.4) is 0 Å². The van der Waals surface area contributed by atoms with Crippen LogP contribution in [0.2, 0.25) is 0 Å². The smallest absolute Gasteiger partial charge is 0.329 e. The van der Waals surface area contributed by atoms with E-state index in [4.69, 9.17) is 5.21 Å². The van der Waals surface area contributed by atoms with E-state index in [1.54, 1.807) is 0 Å². The molecule has 1 heterocycles. The summed E-state index contributed by atoms with van der Waals surface area (Å²) < 4.78 is 0. The Bertz CT molecular complexity index is 156. The molecular formula is C4H6N2O3. The standard InChI is InChI=1S/C4H6N2O3/c7-3-1-5-4(8)6(9)2-3/h9H,1-2H2,(H,5,8). The highest BCUT2D eigenvalue weighted by atomic mass is 16.5. The number of hydrogen-bond donors (Lipinski definition) is 2. The fraction of sp³-hybridized carbons (Fsp3) is 0.500. The van der Waals surface area contributed by atoms with Gasteiger partial charge in [-0.25, -0.2) is 4.79 Å². The van der Waals surface area contributed by atoms with Crippen LogP contribution >= 0.6 is 0 Å². The van der Waals surface area contributed by atoms with E-state index in [-0.39, 0.29) is 18.9 Å². The molecule has 2 amide bonds. The molecule has 9 heavy (non-hydrogen) atoms. The van der Waals surface area contributed by atoms with Gasteiger partial charge in [0.1, 0.15) is 6.54 Å². The number of rotatable bonds is 0. The largest absolute Gasteiger partial charge is 0.341 e. The summed E-state index contributed by atoms with van der Waals surface area (Å²) in [4.78, 5) is 20.8. The maximum atomic E-state index is 10.4. The van der Waals surface area contributed by atoms with Crippen LogP contribution in [0.1, 0.15) is 0 Å². The molecular weight excluding hydrogens is 124 g/mol. The van der Waals surface area contributed by atoms with Crippen molar-refractivity contribution < 1.29 is 14.8 Å². The fourth-order valence-electron chi connectivity index (χ4n) is 0.560.